The fourth-order valence-corrected chi connectivity index (χ4v) is 2.02. The summed E-state index contributed by atoms with van der Waals surface area (Å²) in [5.74, 6) is 0. The van der Waals surface area contributed by atoms with E-state index >= 15 is 0 Å². The zero-order valence-electron chi connectivity index (χ0n) is 12.3. The molecule has 0 aliphatic rings. The van der Waals surface area contributed by atoms with Crippen LogP contribution in [0.2, 0.25) is 0 Å². The maximum Gasteiger partial charge on any atom is 0.0739 e. The molecule has 0 aromatic heterocycles. The van der Waals surface area contributed by atoms with Crippen molar-refractivity contribution in [3.63, 3.8) is 0 Å². The van der Waals surface area contributed by atoms with Crippen LogP contribution in [-0.4, -0.2) is 13.0 Å². The molecule has 3 heteroatoms. The second kappa shape index (κ2) is 21.7. The molecule has 0 aromatic carbocycles. The van der Waals surface area contributed by atoms with Gasteiger partial charge in [0.15, 0.2) is 0 Å². The Morgan fingerprint density at radius 2 is 1.06 bits per heavy atom. The van der Waals surface area contributed by atoms with E-state index < -0.39 is 6.47 Å². The van der Waals surface area contributed by atoms with Crippen LogP contribution in [0.5, 0.6) is 0 Å². The van der Waals surface area contributed by atoms with Crippen molar-refractivity contribution in [3.8, 4) is 0 Å². The van der Waals surface area contributed by atoms with Crippen LogP contribution in [0.3, 0.4) is 0 Å². The molecule has 0 aliphatic carbocycles. The molecule has 0 fully saturated rings. The predicted octanol–water partition coefficient (Wildman–Crippen LogP) is 2.30. The number of carboxylic acid groups (broad SMARTS) is 1. The molecule has 0 amide bonds. The zero-order chi connectivity index (χ0) is 13.9. The highest BCUT2D eigenvalue weighted by molar-refractivity contribution is 5.29. The Hall–Kier alpha value is -0.570. The molecule has 0 saturated carbocycles. The molecular formula is C15H33NO2. The quantitative estimate of drug-likeness (QED) is 0.431. The minimum atomic E-state index is -0.500. The summed E-state index contributed by atoms with van der Waals surface area (Å²) in [4.78, 5) is 8.25. The van der Waals surface area contributed by atoms with Crippen LogP contribution >= 0.6 is 0 Å². The lowest BCUT2D eigenvalue weighted by molar-refractivity contribution is -0.368. The molecule has 0 atom stereocenters. The fraction of sp³-hybridized carbons (Fsp3) is 0.933. The van der Waals surface area contributed by atoms with Gasteiger partial charge in [0.1, 0.15) is 0 Å². The average molecular weight is 259 g/mol. The van der Waals surface area contributed by atoms with Gasteiger partial charge in [-0.1, -0.05) is 71.1 Å². The Morgan fingerprint density at radius 1 is 0.778 bits per heavy atom. The molecule has 3 nitrogen and oxygen atoms in total. The van der Waals surface area contributed by atoms with Crippen LogP contribution in [0.4, 0.5) is 0 Å². The van der Waals surface area contributed by atoms with E-state index in [4.69, 9.17) is 9.90 Å². The predicted molar refractivity (Wildman–Crippen MR) is 74.9 cm³/mol. The lowest BCUT2D eigenvalue weighted by Crippen LogP contribution is -2.50. The number of hydrogen-bond acceptors (Lipinski definition) is 2. The maximum atomic E-state index is 8.25. The monoisotopic (exact) mass is 259 g/mol. The molecule has 0 bridgehead atoms. The first kappa shape index (κ1) is 19.8. The Labute approximate surface area is 113 Å². The third-order valence-corrected chi connectivity index (χ3v) is 3.10. The highest BCUT2D eigenvalue weighted by atomic mass is 16.3. The molecule has 18 heavy (non-hydrogen) atoms. The molecule has 0 aliphatic heterocycles. The van der Waals surface area contributed by atoms with E-state index in [0.29, 0.717) is 0 Å². The van der Waals surface area contributed by atoms with E-state index in [1.165, 1.54) is 77.0 Å². The Bertz CT molecular complexity index is 128. The molecule has 0 unspecified atom stereocenters. The van der Waals surface area contributed by atoms with E-state index in [1.54, 1.807) is 0 Å². The second-order valence-electron chi connectivity index (χ2n) is 4.84. The van der Waals surface area contributed by atoms with Crippen molar-refractivity contribution in [2.45, 2.75) is 84.0 Å². The summed E-state index contributed by atoms with van der Waals surface area (Å²) in [6, 6.07) is 0. The van der Waals surface area contributed by atoms with Gasteiger partial charge in [-0.3, -0.25) is 0 Å². The van der Waals surface area contributed by atoms with Crippen LogP contribution in [0, 0.1) is 0 Å². The van der Waals surface area contributed by atoms with Gasteiger partial charge in [0.25, 0.3) is 0 Å². The lowest BCUT2D eigenvalue weighted by Gasteiger charge is -2.01. The molecule has 0 radical (unpaired) electrons. The van der Waals surface area contributed by atoms with Gasteiger partial charge in [0, 0.05) is 6.47 Å². The zero-order valence-corrected chi connectivity index (χ0v) is 12.3. The van der Waals surface area contributed by atoms with E-state index in [9.17, 15) is 0 Å². The molecule has 0 aromatic rings. The average Bonchev–Trinajstić information content (AvgIpc) is 2.37. The minimum Gasteiger partial charge on any atom is -0.554 e. The Morgan fingerprint density at radius 3 is 1.33 bits per heavy atom. The third-order valence-electron chi connectivity index (χ3n) is 3.10. The van der Waals surface area contributed by atoms with Crippen LogP contribution < -0.4 is 10.8 Å². The number of carbonyl (C=O) groups is 1. The molecule has 3 N–H and O–H groups in total. The number of unbranched alkanes of at least 4 members (excludes halogenated alkanes) is 11. The number of hydrogen-bond donors (Lipinski definition) is 1. The van der Waals surface area contributed by atoms with Crippen molar-refractivity contribution in [3.05, 3.63) is 0 Å². The van der Waals surface area contributed by atoms with Crippen molar-refractivity contribution in [2.24, 2.45) is 0 Å². The SMILES string of the molecule is CCCCCCCCCCCCCC[NH3+].O=C[O-]. The Kier molecular flexibility index (Phi) is 23.8. The van der Waals surface area contributed by atoms with E-state index in [0.717, 1.165) is 6.54 Å². The van der Waals surface area contributed by atoms with Crippen molar-refractivity contribution >= 4 is 6.47 Å². The van der Waals surface area contributed by atoms with Crippen molar-refractivity contribution in [1.29, 1.82) is 0 Å². The smallest absolute Gasteiger partial charge is 0.0739 e. The summed E-state index contributed by atoms with van der Waals surface area (Å²) in [6.07, 6.45) is 17.2. The molecule has 110 valence electrons. The highest BCUT2D eigenvalue weighted by Crippen LogP contribution is 2.11. The van der Waals surface area contributed by atoms with E-state index in [1.807, 2.05) is 0 Å². The first-order valence-electron chi connectivity index (χ1n) is 7.68. The topological polar surface area (TPSA) is 67.8 Å². The first-order chi connectivity index (χ1) is 8.83. The van der Waals surface area contributed by atoms with Crippen LogP contribution in [0.15, 0.2) is 0 Å². The van der Waals surface area contributed by atoms with Gasteiger partial charge in [-0.05, 0) is 12.8 Å². The summed E-state index contributed by atoms with van der Waals surface area (Å²) in [5, 5.41) is 8.25. The van der Waals surface area contributed by atoms with Crippen molar-refractivity contribution < 1.29 is 15.6 Å². The van der Waals surface area contributed by atoms with Gasteiger partial charge in [0.05, 0.1) is 6.54 Å². The van der Waals surface area contributed by atoms with Crippen LogP contribution in [0.1, 0.15) is 84.0 Å². The van der Waals surface area contributed by atoms with Crippen LogP contribution in [0.25, 0.3) is 0 Å². The Balaban J connectivity index is 0. The standard InChI is InChI=1S/C14H31N.CH2O2/c1-2-3-4-5-6-7-8-9-10-11-12-13-14-15;2-1-3/h2-15H2,1H3;1H,(H,2,3). The van der Waals surface area contributed by atoms with Gasteiger partial charge < -0.3 is 15.6 Å². The summed E-state index contributed by atoms with van der Waals surface area (Å²) < 4.78 is 0. The van der Waals surface area contributed by atoms with Crippen molar-refractivity contribution in [2.75, 3.05) is 6.54 Å². The summed E-state index contributed by atoms with van der Waals surface area (Å²) in [6.45, 7) is 2.91. The van der Waals surface area contributed by atoms with Gasteiger partial charge in [-0.2, -0.15) is 0 Å². The maximum absolute atomic E-state index is 8.25. The second-order valence-corrected chi connectivity index (χ2v) is 4.84. The van der Waals surface area contributed by atoms with E-state index in [2.05, 4.69) is 12.7 Å². The molecule has 0 saturated heterocycles. The van der Waals surface area contributed by atoms with Crippen molar-refractivity contribution in [1.82, 2.24) is 0 Å². The lowest BCUT2D eigenvalue weighted by atomic mass is 10.1. The third kappa shape index (κ3) is 24.6. The molecular weight excluding hydrogens is 226 g/mol. The van der Waals surface area contributed by atoms with Gasteiger partial charge >= 0.3 is 0 Å². The summed E-state index contributed by atoms with van der Waals surface area (Å²) >= 11 is 0. The fourth-order valence-electron chi connectivity index (χ4n) is 2.02. The largest absolute Gasteiger partial charge is 0.554 e. The van der Waals surface area contributed by atoms with E-state index in [-0.39, 0.29) is 0 Å². The molecule has 0 heterocycles. The van der Waals surface area contributed by atoms with Gasteiger partial charge in [-0.15, -0.1) is 0 Å². The molecule has 0 spiro atoms. The minimum absolute atomic E-state index is 0.500. The van der Waals surface area contributed by atoms with Crippen LogP contribution in [-0.2, 0) is 4.79 Å². The summed E-state index contributed by atoms with van der Waals surface area (Å²) in [5.41, 5.74) is 3.87. The van der Waals surface area contributed by atoms with Gasteiger partial charge in [-0.25, -0.2) is 0 Å². The normalized spacial score (nSPS) is 9.67. The van der Waals surface area contributed by atoms with Gasteiger partial charge in [0.2, 0.25) is 0 Å². The first-order valence-corrected chi connectivity index (χ1v) is 7.68. The number of rotatable bonds is 12. The summed E-state index contributed by atoms with van der Waals surface area (Å²) in [7, 11) is 0. The highest BCUT2D eigenvalue weighted by Gasteiger charge is 1.92. The number of carbonyl (C=O) groups excluding carboxylic acids is 1. The molecule has 0 rings (SSSR count). The number of quaternary nitrogens is 1.